The Bertz CT molecular complexity index is 470. The van der Waals surface area contributed by atoms with E-state index in [1.807, 2.05) is 29.8 Å². The predicted octanol–water partition coefficient (Wildman–Crippen LogP) is 4.21. The van der Waals surface area contributed by atoms with Gasteiger partial charge in [0.1, 0.15) is 5.01 Å². The quantitative estimate of drug-likeness (QED) is 0.897. The first kappa shape index (κ1) is 12.6. The maximum absolute atomic E-state index is 6.17. The molecule has 0 fully saturated rings. The topological polar surface area (TPSA) is 24.9 Å². The van der Waals surface area contributed by atoms with E-state index >= 15 is 0 Å². The van der Waals surface area contributed by atoms with Crippen LogP contribution in [0.15, 0.2) is 35.8 Å². The van der Waals surface area contributed by atoms with Gasteiger partial charge < -0.3 is 5.32 Å². The van der Waals surface area contributed by atoms with Crippen LogP contribution in [0.4, 0.5) is 0 Å². The largest absolute Gasteiger partial charge is 0.301 e. The number of rotatable bonds is 4. The fourth-order valence-electron chi connectivity index (χ4n) is 1.81. The third kappa shape index (κ3) is 3.06. The smallest absolute Gasteiger partial charge is 0.109 e. The van der Waals surface area contributed by atoms with Gasteiger partial charge in [-0.25, -0.2) is 4.98 Å². The Balaban J connectivity index is 2.07. The second-order valence-electron chi connectivity index (χ2n) is 4.00. The average molecular weight is 267 g/mol. The normalized spacial score (nSPS) is 14.5. The first-order chi connectivity index (χ1) is 8.18. The van der Waals surface area contributed by atoms with Crippen molar-refractivity contribution in [1.29, 1.82) is 0 Å². The highest BCUT2D eigenvalue weighted by molar-refractivity contribution is 7.09. The summed E-state index contributed by atoms with van der Waals surface area (Å²) in [5.41, 5.74) is 1.12. The number of hydrogen-bond donors (Lipinski definition) is 1. The molecule has 0 amide bonds. The first-order valence-electron chi connectivity index (χ1n) is 5.58. The molecule has 0 aliphatic carbocycles. The van der Waals surface area contributed by atoms with Gasteiger partial charge in [0.15, 0.2) is 0 Å². The minimum atomic E-state index is 0.211. The van der Waals surface area contributed by atoms with Crippen LogP contribution in [-0.2, 0) is 0 Å². The van der Waals surface area contributed by atoms with E-state index in [0.717, 1.165) is 15.6 Å². The number of benzene rings is 1. The lowest BCUT2D eigenvalue weighted by molar-refractivity contribution is 0.493. The minimum absolute atomic E-state index is 0.211. The number of halogens is 1. The molecule has 17 heavy (non-hydrogen) atoms. The zero-order valence-corrected chi connectivity index (χ0v) is 11.4. The van der Waals surface area contributed by atoms with Crippen molar-refractivity contribution in [2.24, 2.45) is 0 Å². The van der Waals surface area contributed by atoms with Crippen molar-refractivity contribution in [2.75, 3.05) is 0 Å². The maximum Gasteiger partial charge on any atom is 0.109 e. The van der Waals surface area contributed by atoms with E-state index in [-0.39, 0.29) is 12.1 Å². The summed E-state index contributed by atoms with van der Waals surface area (Å²) in [5, 5.41) is 7.40. The van der Waals surface area contributed by atoms with Gasteiger partial charge in [0, 0.05) is 22.6 Å². The zero-order chi connectivity index (χ0) is 12.3. The Morgan fingerprint density at radius 1 is 1.24 bits per heavy atom. The van der Waals surface area contributed by atoms with Crippen molar-refractivity contribution in [3.8, 4) is 0 Å². The van der Waals surface area contributed by atoms with Crippen molar-refractivity contribution < 1.29 is 0 Å². The van der Waals surface area contributed by atoms with E-state index < -0.39 is 0 Å². The van der Waals surface area contributed by atoms with Crippen LogP contribution in [0, 0.1) is 0 Å². The molecule has 2 rings (SSSR count). The highest BCUT2D eigenvalue weighted by atomic mass is 35.5. The molecule has 0 aliphatic rings. The zero-order valence-electron chi connectivity index (χ0n) is 9.85. The Hall–Kier alpha value is -0.900. The number of hydrogen-bond acceptors (Lipinski definition) is 3. The van der Waals surface area contributed by atoms with Crippen LogP contribution in [0.25, 0.3) is 0 Å². The molecule has 0 saturated carbocycles. The van der Waals surface area contributed by atoms with Gasteiger partial charge in [-0.1, -0.05) is 29.8 Å². The number of nitrogens with one attached hydrogen (secondary N) is 1. The van der Waals surface area contributed by atoms with Crippen molar-refractivity contribution in [1.82, 2.24) is 10.3 Å². The van der Waals surface area contributed by atoms with Gasteiger partial charge in [0.2, 0.25) is 0 Å². The summed E-state index contributed by atoms with van der Waals surface area (Å²) in [6, 6.07) is 8.37. The summed E-state index contributed by atoms with van der Waals surface area (Å²) >= 11 is 7.84. The summed E-state index contributed by atoms with van der Waals surface area (Å²) in [4.78, 5) is 4.31. The van der Waals surface area contributed by atoms with Crippen LogP contribution in [-0.4, -0.2) is 4.98 Å². The molecule has 2 nitrogen and oxygen atoms in total. The maximum atomic E-state index is 6.17. The van der Waals surface area contributed by atoms with Crippen LogP contribution >= 0.6 is 22.9 Å². The molecule has 4 heteroatoms. The summed E-state index contributed by atoms with van der Waals surface area (Å²) in [5.74, 6) is 0. The van der Waals surface area contributed by atoms with Gasteiger partial charge in [0.05, 0.1) is 6.04 Å². The molecule has 0 aliphatic heterocycles. The van der Waals surface area contributed by atoms with Crippen molar-refractivity contribution in [3.63, 3.8) is 0 Å². The fourth-order valence-corrected chi connectivity index (χ4v) is 2.77. The minimum Gasteiger partial charge on any atom is -0.301 e. The summed E-state index contributed by atoms with van der Waals surface area (Å²) in [7, 11) is 0. The Morgan fingerprint density at radius 2 is 2.00 bits per heavy atom. The van der Waals surface area contributed by atoms with Crippen LogP contribution in [0.5, 0.6) is 0 Å². The Morgan fingerprint density at radius 3 is 2.65 bits per heavy atom. The molecule has 1 heterocycles. The average Bonchev–Trinajstić information content (AvgIpc) is 2.82. The molecule has 2 aromatic rings. The Kier molecular flexibility index (Phi) is 4.15. The van der Waals surface area contributed by atoms with Crippen molar-refractivity contribution in [2.45, 2.75) is 25.9 Å². The number of nitrogens with zero attached hydrogens (tertiary/aromatic N) is 1. The van der Waals surface area contributed by atoms with Crippen molar-refractivity contribution in [3.05, 3.63) is 51.4 Å². The molecule has 0 spiro atoms. The SMILES string of the molecule is CC(NC(C)c1ccccc1Cl)c1nccs1. The summed E-state index contributed by atoms with van der Waals surface area (Å²) in [6.07, 6.45) is 1.83. The highest BCUT2D eigenvalue weighted by Gasteiger charge is 2.14. The van der Waals surface area contributed by atoms with E-state index in [1.165, 1.54) is 0 Å². The van der Waals surface area contributed by atoms with Gasteiger partial charge in [-0.05, 0) is 25.5 Å². The van der Waals surface area contributed by atoms with Crippen LogP contribution in [0.2, 0.25) is 5.02 Å². The molecule has 2 atom stereocenters. The fraction of sp³-hybridized carbons (Fsp3) is 0.308. The third-order valence-electron chi connectivity index (χ3n) is 2.69. The molecule has 1 aromatic carbocycles. The van der Waals surface area contributed by atoms with Crippen LogP contribution in [0.3, 0.4) is 0 Å². The first-order valence-corrected chi connectivity index (χ1v) is 6.84. The standard InChI is InChI=1S/C13H15ClN2S/c1-9(11-5-3-4-6-12(11)14)16-10(2)13-15-7-8-17-13/h3-10,16H,1-2H3. The van der Waals surface area contributed by atoms with Crippen molar-refractivity contribution >= 4 is 22.9 Å². The van der Waals surface area contributed by atoms with E-state index in [0.29, 0.717) is 0 Å². The van der Waals surface area contributed by atoms with E-state index in [4.69, 9.17) is 11.6 Å². The summed E-state index contributed by atoms with van der Waals surface area (Å²) < 4.78 is 0. The molecule has 1 N–H and O–H groups in total. The number of thiazole rings is 1. The molecular formula is C13H15ClN2S. The van der Waals surface area contributed by atoms with Crippen LogP contribution in [0.1, 0.15) is 36.5 Å². The van der Waals surface area contributed by atoms with Gasteiger partial charge in [-0.15, -0.1) is 11.3 Å². The Labute approximate surface area is 111 Å². The van der Waals surface area contributed by atoms with Gasteiger partial charge >= 0.3 is 0 Å². The van der Waals surface area contributed by atoms with E-state index in [2.05, 4.69) is 30.2 Å². The van der Waals surface area contributed by atoms with E-state index in [9.17, 15) is 0 Å². The molecule has 90 valence electrons. The highest BCUT2D eigenvalue weighted by Crippen LogP contribution is 2.25. The lowest BCUT2D eigenvalue weighted by Crippen LogP contribution is -2.22. The second kappa shape index (κ2) is 5.63. The van der Waals surface area contributed by atoms with E-state index in [1.54, 1.807) is 11.3 Å². The van der Waals surface area contributed by atoms with Gasteiger partial charge in [0.25, 0.3) is 0 Å². The number of aromatic nitrogens is 1. The third-order valence-corrected chi connectivity index (χ3v) is 4.00. The molecule has 0 radical (unpaired) electrons. The van der Waals surface area contributed by atoms with Crippen LogP contribution < -0.4 is 5.32 Å². The molecule has 0 saturated heterocycles. The van der Waals surface area contributed by atoms with Gasteiger partial charge in [-0.3, -0.25) is 0 Å². The predicted molar refractivity (Wildman–Crippen MR) is 73.5 cm³/mol. The molecule has 2 unspecified atom stereocenters. The molecule has 1 aromatic heterocycles. The summed E-state index contributed by atoms with van der Waals surface area (Å²) in [6.45, 7) is 4.23. The molecular weight excluding hydrogens is 252 g/mol. The lowest BCUT2D eigenvalue weighted by Gasteiger charge is -2.19. The second-order valence-corrected chi connectivity index (χ2v) is 5.34. The lowest BCUT2D eigenvalue weighted by atomic mass is 10.1. The monoisotopic (exact) mass is 266 g/mol. The van der Waals surface area contributed by atoms with Gasteiger partial charge in [-0.2, -0.15) is 0 Å². The molecule has 0 bridgehead atoms.